The molecular weight excluding hydrogens is 377 g/mol. The fourth-order valence-corrected chi connectivity index (χ4v) is 3.31. The Kier molecular flexibility index (Phi) is 4.01. The van der Waals surface area contributed by atoms with Gasteiger partial charge in [0.1, 0.15) is 11.6 Å². The summed E-state index contributed by atoms with van der Waals surface area (Å²) in [5.41, 5.74) is 3.27. The molecule has 4 nitrogen and oxygen atoms in total. The fourth-order valence-electron chi connectivity index (χ4n) is 2.36. The van der Waals surface area contributed by atoms with Crippen molar-refractivity contribution < 1.29 is 4.74 Å². The van der Waals surface area contributed by atoms with Crippen LogP contribution >= 0.6 is 22.6 Å². The Morgan fingerprint density at radius 1 is 1.29 bits per heavy atom. The van der Waals surface area contributed by atoms with Crippen LogP contribution in [0.5, 0.6) is 5.75 Å². The molecule has 1 aromatic carbocycles. The third-order valence-corrected chi connectivity index (χ3v) is 4.74. The molecule has 0 atom stereocenters. The van der Waals surface area contributed by atoms with Crippen LogP contribution in [0.2, 0.25) is 0 Å². The number of benzene rings is 1. The van der Waals surface area contributed by atoms with Crippen molar-refractivity contribution in [1.82, 2.24) is 9.97 Å². The topological polar surface area (TPSA) is 47.0 Å². The number of anilines is 1. The predicted octanol–water partition coefficient (Wildman–Crippen LogP) is 3.98. The second kappa shape index (κ2) is 5.79. The summed E-state index contributed by atoms with van der Waals surface area (Å²) in [5.74, 6) is 3.03. The van der Waals surface area contributed by atoms with Crippen LogP contribution < -0.4 is 10.1 Å². The Morgan fingerprint density at radius 2 is 2.05 bits per heavy atom. The van der Waals surface area contributed by atoms with E-state index in [0.717, 1.165) is 37.8 Å². The first-order chi connectivity index (χ1) is 10.1. The van der Waals surface area contributed by atoms with Crippen molar-refractivity contribution in [3.63, 3.8) is 0 Å². The smallest absolute Gasteiger partial charge is 0.165 e. The normalized spacial score (nSPS) is 14.1. The standard InChI is InChI=1S/C16H18IN3O/c1-9-4-7-11(12(8-9)21-3)15-19-14(10-5-6-10)13(17)16(18-2)20-15/h4,7-8,10H,5-6H2,1-3H3,(H,18,19,20). The van der Waals surface area contributed by atoms with Crippen molar-refractivity contribution in [3.05, 3.63) is 33.0 Å². The van der Waals surface area contributed by atoms with Crippen LogP contribution in [0.25, 0.3) is 11.4 Å². The number of ether oxygens (including phenoxy) is 1. The molecule has 1 saturated carbocycles. The summed E-state index contributed by atoms with van der Waals surface area (Å²) in [6.07, 6.45) is 2.45. The van der Waals surface area contributed by atoms with Crippen molar-refractivity contribution in [3.8, 4) is 17.1 Å². The molecule has 5 heteroatoms. The molecule has 1 heterocycles. The maximum absolute atomic E-state index is 5.50. The van der Waals surface area contributed by atoms with Gasteiger partial charge >= 0.3 is 0 Å². The SMILES string of the molecule is CNc1nc(-c2ccc(C)cc2OC)nc(C2CC2)c1I. The third kappa shape index (κ3) is 2.84. The van der Waals surface area contributed by atoms with Gasteiger partial charge in [0.2, 0.25) is 0 Å². The molecular formula is C16H18IN3O. The molecule has 1 fully saturated rings. The molecule has 0 amide bonds. The number of methoxy groups -OCH3 is 1. The summed E-state index contributed by atoms with van der Waals surface area (Å²) in [7, 11) is 3.59. The largest absolute Gasteiger partial charge is 0.496 e. The molecule has 21 heavy (non-hydrogen) atoms. The monoisotopic (exact) mass is 395 g/mol. The quantitative estimate of drug-likeness (QED) is 0.796. The van der Waals surface area contributed by atoms with Gasteiger partial charge in [0.15, 0.2) is 5.82 Å². The van der Waals surface area contributed by atoms with Crippen LogP contribution in [0.4, 0.5) is 5.82 Å². The van der Waals surface area contributed by atoms with Crippen molar-refractivity contribution in [1.29, 1.82) is 0 Å². The molecule has 0 saturated heterocycles. The lowest BCUT2D eigenvalue weighted by atomic mass is 10.1. The molecule has 3 rings (SSSR count). The van der Waals surface area contributed by atoms with E-state index in [-0.39, 0.29) is 0 Å². The predicted molar refractivity (Wildman–Crippen MR) is 93.0 cm³/mol. The van der Waals surface area contributed by atoms with Crippen LogP contribution in [-0.4, -0.2) is 24.1 Å². The van der Waals surface area contributed by atoms with E-state index in [1.165, 1.54) is 12.8 Å². The third-order valence-electron chi connectivity index (χ3n) is 3.68. The van der Waals surface area contributed by atoms with Crippen LogP contribution in [0.3, 0.4) is 0 Å². The number of halogens is 1. The Morgan fingerprint density at radius 3 is 2.67 bits per heavy atom. The molecule has 1 aliphatic rings. The number of aryl methyl sites for hydroxylation is 1. The average molecular weight is 395 g/mol. The number of hydrogen-bond donors (Lipinski definition) is 1. The molecule has 0 radical (unpaired) electrons. The lowest BCUT2D eigenvalue weighted by molar-refractivity contribution is 0.416. The molecule has 0 unspecified atom stereocenters. The highest BCUT2D eigenvalue weighted by molar-refractivity contribution is 14.1. The van der Waals surface area contributed by atoms with Gasteiger partial charge in [-0.3, -0.25) is 0 Å². The summed E-state index contributed by atoms with van der Waals surface area (Å²) < 4.78 is 6.63. The average Bonchev–Trinajstić information content (AvgIpc) is 3.32. The summed E-state index contributed by atoms with van der Waals surface area (Å²) >= 11 is 2.34. The number of nitrogens with zero attached hydrogens (tertiary/aromatic N) is 2. The number of nitrogens with one attached hydrogen (secondary N) is 1. The number of hydrogen-bond acceptors (Lipinski definition) is 4. The van der Waals surface area contributed by atoms with Crippen molar-refractivity contribution in [2.75, 3.05) is 19.5 Å². The van der Waals surface area contributed by atoms with E-state index in [1.54, 1.807) is 7.11 Å². The zero-order valence-electron chi connectivity index (χ0n) is 12.4. The lowest BCUT2D eigenvalue weighted by Crippen LogP contribution is -2.05. The first kappa shape index (κ1) is 14.6. The maximum Gasteiger partial charge on any atom is 0.165 e. The van der Waals surface area contributed by atoms with Gasteiger partial charge in [-0.15, -0.1) is 0 Å². The van der Waals surface area contributed by atoms with E-state index in [2.05, 4.69) is 45.9 Å². The van der Waals surface area contributed by atoms with E-state index >= 15 is 0 Å². The first-order valence-corrected chi connectivity index (χ1v) is 8.12. The molecule has 0 aliphatic heterocycles. The van der Waals surface area contributed by atoms with E-state index < -0.39 is 0 Å². The van der Waals surface area contributed by atoms with Gasteiger partial charge in [-0.25, -0.2) is 9.97 Å². The van der Waals surface area contributed by atoms with Crippen LogP contribution in [0, 0.1) is 10.5 Å². The summed E-state index contributed by atoms with van der Waals surface area (Å²) in [5, 5.41) is 3.18. The minimum atomic E-state index is 0.585. The highest BCUT2D eigenvalue weighted by Gasteiger charge is 2.29. The van der Waals surface area contributed by atoms with Gasteiger partial charge in [0.25, 0.3) is 0 Å². The molecule has 1 N–H and O–H groups in total. The molecule has 1 aromatic heterocycles. The Labute approximate surface area is 138 Å². The molecule has 110 valence electrons. The molecule has 0 spiro atoms. The Balaban J connectivity index is 2.16. The van der Waals surface area contributed by atoms with Crippen LogP contribution in [0.15, 0.2) is 18.2 Å². The fraction of sp³-hybridized carbons (Fsp3) is 0.375. The molecule has 2 aromatic rings. The summed E-state index contributed by atoms with van der Waals surface area (Å²) in [6, 6.07) is 6.12. The van der Waals surface area contributed by atoms with E-state index in [1.807, 2.05) is 19.2 Å². The summed E-state index contributed by atoms with van der Waals surface area (Å²) in [4.78, 5) is 9.47. The van der Waals surface area contributed by atoms with Crippen molar-refractivity contribution in [2.45, 2.75) is 25.7 Å². The highest BCUT2D eigenvalue weighted by Crippen LogP contribution is 2.43. The minimum absolute atomic E-state index is 0.585. The van der Waals surface area contributed by atoms with Gasteiger partial charge in [-0.1, -0.05) is 6.07 Å². The van der Waals surface area contributed by atoms with Gasteiger partial charge in [0.05, 0.1) is 21.9 Å². The molecule has 0 bridgehead atoms. The number of rotatable bonds is 4. The summed E-state index contributed by atoms with van der Waals surface area (Å²) in [6.45, 7) is 2.05. The molecule has 1 aliphatic carbocycles. The van der Waals surface area contributed by atoms with Crippen molar-refractivity contribution >= 4 is 28.4 Å². The first-order valence-electron chi connectivity index (χ1n) is 7.04. The zero-order chi connectivity index (χ0) is 15.0. The van der Waals surface area contributed by atoms with E-state index in [9.17, 15) is 0 Å². The second-order valence-corrected chi connectivity index (χ2v) is 6.40. The van der Waals surface area contributed by atoms with E-state index in [0.29, 0.717) is 5.92 Å². The van der Waals surface area contributed by atoms with Crippen LogP contribution in [0.1, 0.15) is 30.0 Å². The van der Waals surface area contributed by atoms with Crippen LogP contribution in [-0.2, 0) is 0 Å². The minimum Gasteiger partial charge on any atom is -0.496 e. The zero-order valence-corrected chi connectivity index (χ0v) is 14.6. The lowest BCUT2D eigenvalue weighted by Gasteiger charge is -2.13. The van der Waals surface area contributed by atoms with Gasteiger partial charge in [0, 0.05) is 13.0 Å². The van der Waals surface area contributed by atoms with Gasteiger partial charge in [-0.05, 0) is 60.1 Å². The second-order valence-electron chi connectivity index (χ2n) is 5.32. The van der Waals surface area contributed by atoms with Crippen molar-refractivity contribution in [2.24, 2.45) is 0 Å². The van der Waals surface area contributed by atoms with Gasteiger partial charge < -0.3 is 10.1 Å². The van der Waals surface area contributed by atoms with E-state index in [4.69, 9.17) is 9.72 Å². The van der Waals surface area contributed by atoms with Gasteiger partial charge in [-0.2, -0.15) is 0 Å². The maximum atomic E-state index is 5.50. The number of aromatic nitrogens is 2. The Hall–Kier alpha value is -1.37. The highest BCUT2D eigenvalue weighted by atomic mass is 127. The Bertz CT molecular complexity index is 683.